The van der Waals surface area contributed by atoms with Crippen molar-refractivity contribution in [2.75, 3.05) is 7.05 Å². The number of nitrogens with zero attached hydrogens (tertiary/aromatic N) is 2. The van der Waals surface area contributed by atoms with Crippen molar-refractivity contribution in [3.05, 3.63) is 64.1 Å². The number of pyridine rings is 1. The van der Waals surface area contributed by atoms with Crippen LogP contribution in [0.2, 0.25) is 0 Å². The summed E-state index contributed by atoms with van der Waals surface area (Å²) in [6, 6.07) is 9.42. The number of rotatable bonds is 3. The second kappa shape index (κ2) is 6.13. The van der Waals surface area contributed by atoms with Gasteiger partial charge in [-0.05, 0) is 52.7 Å². The zero-order chi connectivity index (χ0) is 14.7. The summed E-state index contributed by atoms with van der Waals surface area (Å²) in [7, 11) is 1.71. The van der Waals surface area contributed by atoms with Gasteiger partial charge < -0.3 is 4.90 Å². The standard InChI is InChI=1S/C15H14BrFN2O/c1-10(11-3-6-13(17)7-4-11)19(2)15(20)14-8-5-12(16)9-18-14/h3-10H,1-2H3. The van der Waals surface area contributed by atoms with Crippen molar-refractivity contribution in [1.29, 1.82) is 0 Å². The van der Waals surface area contributed by atoms with Crippen molar-refractivity contribution in [3.63, 3.8) is 0 Å². The molecule has 3 nitrogen and oxygen atoms in total. The lowest BCUT2D eigenvalue weighted by Crippen LogP contribution is -2.30. The van der Waals surface area contributed by atoms with Gasteiger partial charge in [0.2, 0.25) is 0 Å². The number of benzene rings is 1. The maximum Gasteiger partial charge on any atom is 0.272 e. The third-order valence-electron chi connectivity index (χ3n) is 3.20. The van der Waals surface area contributed by atoms with E-state index in [1.807, 2.05) is 6.92 Å². The van der Waals surface area contributed by atoms with Crippen molar-refractivity contribution in [2.24, 2.45) is 0 Å². The summed E-state index contributed by atoms with van der Waals surface area (Å²) >= 11 is 3.28. The van der Waals surface area contributed by atoms with Gasteiger partial charge in [0.15, 0.2) is 0 Å². The van der Waals surface area contributed by atoms with Crippen LogP contribution in [0, 0.1) is 5.82 Å². The third kappa shape index (κ3) is 3.22. The van der Waals surface area contributed by atoms with Crippen LogP contribution in [-0.4, -0.2) is 22.8 Å². The van der Waals surface area contributed by atoms with Crippen LogP contribution in [0.1, 0.15) is 29.0 Å². The molecule has 1 amide bonds. The molecule has 0 aliphatic rings. The van der Waals surface area contributed by atoms with Gasteiger partial charge in [-0.1, -0.05) is 12.1 Å². The molecular weight excluding hydrogens is 323 g/mol. The van der Waals surface area contributed by atoms with Gasteiger partial charge in [-0.15, -0.1) is 0 Å². The van der Waals surface area contributed by atoms with E-state index in [1.54, 1.807) is 42.4 Å². The smallest absolute Gasteiger partial charge is 0.272 e. The molecule has 5 heteroatoms. The summed E-state index contributed by atoms with van der Waals surface area (Å²) in [5, 5.41) is 0. The number of carbonyl (C=O) groups excluding carboxylic acids is 1. The van der Waals surface area contributed by atoms with Crippen molar-refractivity contribution >= 4 is 21.8 Å². The average Bonchev–Trinajstić information content (AvgIpc) is 2.46. The highest BCUT2D eigenvalue weighted by atomic mass is 79.9. The first kappa shape index (κ1) is 14.7. The lowest BCUT2D eigenvalue weighted by molar-refractivity contribution is 0.0736. The van der Waals surface area contributed by atoms with Crippen LogP contribution in [-0.2, 0) is 0 Å². The fourth-order valence-corrected chi connectivity index (χ4v) is 2.06. The summed E-state index contributed by atoms with van der Waals surface area (Å²) in [5.74, 6) is -0.459. The summed E-state index contributed by atoms with van der Waals surface area (Å²) in [6.07, 6.45) is 1.59. The lowest BCUT2D eigenvalue weighted by Gasteiger charge is -2.25. The van der Waals surface area contributed by atoms with E-state index >= 15 is 0 Å². The van der Waals surface area contributed by atoms with E-state index in [0.29, 0.717) is 5.69 Å². The summed E-state index contributed by atoms with van der Waals surface area (Å²) in [6.45, 7) is 1.89. The Hall–Kier alpha value is -1.75. The maximum absolute atomic E-state index is 12.9. The largest absolute Gasteiger partial charge is 0.334 e. The van der Waals surface area contributed by atoms with Gasteiger partial charge in [0.25, 0.3) is 5.91 Å². The highest BCUT2D eigenvalue weighted by molar-refractivity contribution is 9.10. The average molecular weight is 337 g/mol. The first-order valence-corrected chi connectivity index (χ1v) is 6.92. The van der Waals surface area contributed by atoms with Crippen LogP contribution < -0.4 is 0 Å². The molecular formula is C15H14BrFN2O. The van der Waals surface area contributed by atoms with Crippen LogP contribution in [0.3, 0.4) is 0 Å². The van der Waals surface area contributed by atoms with Gasteiger partial charge >= 0.3 is 0 Å². The van der Waals surface area contributed by atoms with Gasteiger partial charge in [-0.3, -0.25) is 4.79 Å². The molecule has 2 aromatic rings. The van der Waals surface area contributed by atoms with E-state index in [2.05, 4.69) is 20.9 Å². The van der Waals surface area contributed by atoms with Crippen LogP contribution in [0.4, 0.5) is 4.39 Å². The normalized spacial score (nSPS) is 12.0. The van der Waals surface area contributed by atoms with E-state index in [-0.39, 0.29) is 17.8 Å². The van der Waals surface area contributed by atoms with E-state index in [9.17, 15) is 9.18 Å². The van der Waals surface area contributed by atoms with Gasteiger partial charge in [0, 0.05) is 17.7 Å². The summed E-state index contributed by atoms with van der Waals surface area (Å²) < 4.78 is 13.7. The monoisotopic (exact) mass is 336 g/mol. The quantitative estimate of drug-likeness (QED) is 0.853. The number of amides is 1. The zero-order valence-corrected chi connectivity index (χ0v) is 12.8. The first-order chi connectivity index (χ1) is 9.49. The molecule has 0 spiro atoms. The van der Waals surface area contributed by atoms with Crippen LogP contribution in [0.25, 0.3) is 0 Å². The molecule has 0 N–H and O–H groups in total. The molecule has 0 aliphatic heterocycles. The van der Waals surface area contributed by atoms with E-state index in [4.69, 9.17) is 0 Å². The molecule has 1 aromatic carbocycles. The Balaban J connectivity index is 2.17. The topological polar surface area (TPSA) is 33.2 Å². The minimum atomic E-state index is -0.287. The fourth-order valence-electron chi connectivity index (χ4n) is 1.82. The second-order valence-electron chi connectivity index (χ2n) is 4.51. The van der Waals surface area contributed by atoms with Crippen molar-refractivity contribution < 1.29 is 9.18 Å². The molecule has 0 bridgehead atoms. The molecule has 0 saturated heterocycles. The van der Waals surface area contributed by atoms with Crippen molar-refractivity contribution in [1.82, 2.24) is 9.88 Å². The van der Waals surface area contributed by atoms with Crippen molar-refractivity contribution in [3.8, 4) is 0 Å². The Morgan fingerprint density at radius 3 is 2.45 bits per heavy atom. The Kier molecular flexibility index (Phi) is 4.49. The minimum Gasteiger partial charge on any atom is -0.334 e. The maximum atomic E-state index is 12.9. The molecule has 0 aliphatic carbocycles. The fraction of sp³-hybridized carbons (Fsp3) is 0.200. The number of halogens is 2. The van der Waals surface area contributed by atoms with Gasteiger partial charge in [-0.2, -0.15) is 0 Å². The third-order valence-corrected chi connectivity index (χ3v) is 3.67. The molecule has 1 unspecified atom stereocenters. The van der Waals surface area contributed by atoms with Crippen molar-refractivity contribution in [2.45, 2.75) is 13.0 Å². The number of aromatic nitrogens is 1. The number of hydrogen-bond acceptors (Lipinski definition) is 2. The molecule has 2 rings (SSSR count). The predicted molar refractivity (Wildman–Crippen MR) is 78.8 cm³/mol. The minimum absolute atomic E-state index is 0.159. The van der Waals surface area contributed by atoms with E-state index < -0.39 is 0 Å². The Bertz CT molecular complexity index is 598. The molecule has 0 saturated carbocycles. The SMILES string of the molecule is CC(c1ccc(F)cc1)N(C)C(=O)c1ccc(Br)cn1. The van der Waals surface area contributed by atoms with Crippen LogP contribution in [0.5, 0.6) is 0 Å². The first-order valence-electron chi connectivity index (χ1n) is 6.13. The Morgan fingerprint density at radius 2 is 1.90 bits per heavy atom. The lowest BCUT2D eigenvalue weighted by atomic mass is 10.1. The molecule has 1 heterocycles. The van der Waals surface area contributed by atoms with Gasteiger partial charge in [-0.25, -0.2) is 9.37 Å². The van der Waals surface area contributed by atoms with Crippen LogP contribution in [0.15, 0.2) is 47.1 Å². The highest BCUT2D eigenvalue weighted by Crippen LogP contribution is 2.21. The Labute approximate surface area is 125 Å². The second-order valence-corrected chi connectivity index (χ2v) is 5.42. The van der Waals surface area contributed by atoms with Gasteiger partial charge in [0.05, 0.1) is 6.04 Å². The Morgan fingerprint density at radius 1 is 1.25 bits per heavy atom. The predicted octanol–water partition coefficient (Wildman–Crippen LogP) is 3.82. The van der Waals surface area contributed by atoms with E-state index in [0.717, 1.165) is 10.0 Å². The van der Waals surface area contributed by atoms with E-state index in [1.165, 1.54) is 12.1 Å². The number of hydrogen-bond donors (Lipinski definition) is 0. The molecule has 20 heavy (non-hydrogen) atoms. The molecule has 104 valence electrons. The zero-order valence-electron chi connectivity index (χ0n) is 11.2. The summed E-state index contributed by atoms with van der Waals surface area (Å²) in [5.41, 5.74) is 1.25. The van der Waals surface area contributed by atoms with Gasteiger partial charge in [0.1, 0.15) is 11.5 Å². The highest BCUT2D eigenvalue weighted by Gasteiger charge is 2.19. The number of carbonyl (C=O) groups is 1. The van der Waals surface area contributed by atoms with Crippen LogP contribution >= 0.6 is 15.9 Å². The molecule has 0 fully saturated rings. The summed E-state index contributed by atoms with van der Waals surface area (Å²) in [4.78, 5) is 18.0. The molecule has 0 radical (unpaired) electrons. The molecule has 1 atom stereocenters. The molecule has 1 aromatic heterocycles.